The topological polar surface area (TPSA) is 103 Å². The first-order chi connectivity index (χ1) is 19.5. The van der Waals surface area contributed by atoms with E-state index >= 15 is 0 Å². The fraction of sp³-hybridized carbons (Fsp3) is 0.531. The minimum absolute atomic E-state index is 0.277. The molecule has 42 heavy (non-hydrogen) atoms. The highest BCUT2D eigenvalue weighted by atomic mass is 35.5. The molecule has 0 radical (unpaired) electrons. The number of methoxy groups -OCH3 is 1. The lowest BCUT2D eigenvalue weighted by molar-refractivity contribution is -0.158. The van der Waals surface area contributed by atoms with Gasteiger partial charge < -0.3 is 29.2 Å². The lowest BCUT2D eigenvalue weighted by Crippen LogP contribution is -2.47. The van der Waals surface area contributed by atoms with Gasteiger partial charge in [-0.2, -0.15) is 0 Å². The number of hydrogen-bond donors (Lipinski definition) is 1. The number of esters is 1. The molecule has 10 heteroatoms. The maximum absolute atomic E-state index is 14.1. The number of nitrogens with one attached hydrogen (secondary N) is 1. The third kappa shape index (κ3) is 8.61. The molecule has 0 aromatic heterocycles. The van der Waals surface area contributed by atoms with E-state index < -0.39 is 35.7 Å². The molecule has 1 aliphatic rings. The minimum atomic E-state index is -1.18. The van der Waals surface area contributed by atoms with Gasteiger partial charge in [0, 0.05) is 34.4 Å². The van der Waals surface area contributed by atoms with Crippen molar-refractivity contribution in [3.8, 4) is 11.5 Å². The second kappa shape index (κ2) is 13.3. The summed E-state index contributed by atoms with van der Waals surface area (Å²) in [6.07, 6.45) is -2.30. The van der Waals surface area contributed by atoms with E-state index in [1.54, 1.807) is 70.0 Å². The summed E-state index contributed by atoms with van der Waals surface area (Å²) in [5.74, 6) is -0.354. The lowest BCUT2D eigenvalue weighted by Gasteiger charge is -2.31. The number of benzene rings is 2. The number of carbonyl (C=O) groups excluding carboxylic acids is 3. The van der Waals surface area contributed by atoms with Crippen LogP contribution in [-0.4, -0.2) is 55.8 Å². The van der Waals surface area contributed by atoms with E-state index in [1.165, 1.54) is 0 Å². The molecule has 0 aliphatic carbocycles. The van der Waals surface area contributed by atoms with Gasteiger partial charge in [0.1, 0.15) is 35.3 Å². The Morgan fingerprint density at radius 3 is 2.36 bits per heavy atom. The molecule has 2 amide bonds. The number of nitrogens with zero attached hydrogens (tertiary/aromatic N) is 1. The monoisotopic (exact) mass is 602 g/mol. The molecule has 0 saturated heterocycles. The predicted octanol–water partition coefficient (Wildman–Crippen LogP) is 5.85. The number of ether oxygens (including phenoxy) is 4. The summed E-state index contributed by atoms with van der Waals surface area (Å²) in [6.45, 7) is 15.6. The Labute approximate surface area is 253 Å². The molecule has 3 atom stereocenters. The normalized spacial score (nSPS) is 18.0. The van der Waals surface area contributed by atoms with E-state index in [0.717, 1.165) is 0 Å². The van der Waals surface area contributed by atoms with Crippen LogP contribution in [0.2, 0.25) is 5.02 Å². The molecule has 0 fully saturated rings. The van der Waals surface area contributed by atoms with Crippen LogP contribution >= 0.6 is 11.6 Å². The summed E-state index contributed by atoms with van der Waals surface area (Å²) in [5, 5.41) is 3.13. The maximum Gasteiger partial charge on any atom is 0.328 e. The third-order valence-corrected chi connectivity index (χ3v) is 6.58. The van der Waals surface area contributed by atoms with E-state index in [9.17, 15) is 14.4 Å². The molecule has 230 valence electrons. The largest absolute Gasteiger partial charge is 0.496 e. The highest BCUT2D eigenvalue weighted by molar-refractivity contribution is 6.30. The molecule has 0 saturated carbocycles. The highest BCUT2D eigenvalue weighted by Crippen LogP contribution is 2.44. The Morgan fingerprint density at radius 2 is 1.76 bits per heavy atom. The Hall–Kier alpha value is -3.30. The fourth-order valence-corrected chi connectivity index (χ4v) is 4.85. The first kappa shape index (κ1) is 33.2. The third-order valence-electron chi connectivity index (χ3n) is 6.34. The Balaban J connectivity index is 2.06. The quantitative estimate of drug-likeness (QED) is 0.359. The van der Waals surface area contributed by atoms with Gasteiger partial charge in [-0.3, -0.25) is 9.59 Å². The van der Waals surface area contributed by atoms with E-state index in [-0.39, 0.29) is 17.7 Å². The molecule has 1 N–H and O–H groups in total. The second-order valence-electron chi connectivity index (χ2n) is 12.6. The molecule has 3 rings (SSSR count). The van der Waals surface area contributed by atoms with Crippen molar-refractivity contribution < 1.29 is 33.3 Å². The van der Waals surface area contributed by atoms with Crippen LogP contribution in [0.5, 0.6) is 11.5 Å². The van der Waals surface area contributed by atoms with Crippen LogP contribution in [0, 0.1) is 5.41 Å². The van der Waals surface area contributed by atoms with Crippen molar-refractivity contribution in [2.24, 2.45) is 5.41 Å². The number of halogens is 1. The number of anilines is 1. The minimum Gasteiger partial charge on any atom is -0.496 e. The van der Waals surface area contributed by atoms with Crippen LogP contribution in [0.1, 0.15) is 79.0 Å². The van der Waals surface area contributed by atoms with Crippen LogP contribution < -0.4 is 19.7 Å². The van der Waals surface area contributed by atoms with Crippen molar-refractivity contribution in [1.82, 2.24) is 5.32 Å². The van der Waals surface area contributed by atoms with Crippen molar-refractivity contribution in [3.05, 3.63) is 52.5 Å². The molecular formula is C32H43ClN2O7. The predicted molar refractivity (Wildman–Crippen MR) is 162 cm³/mol. The molecule has 1 heterocycles. The van der Waals surface area contributed by atoms with Gasteiger partial charge in [0.25, 0.3) is 5.91 Å². The van der Waals surface area contributed by atoms with Crippen LogP contribution in [0.4, 0.5) is 5.69 Å². The zero-order valence-corrected chi connectivity index (χ0v) is 26.8. The summed E-state index contributed by atoms with van der Waals surface area (Å²) in [6, 6.07) is 9.77. The smallest absolute Gasteiger partial charge is 0.328 e. The van der Waals surface area contributed by atoms with Gasteiger partial charge in [-0.15, -0.1) is 0 Å². The fourth-order valence-electron chi connectivity index (χ4n) is 4.67. The lowest BCUT2D eigenvalue weighted by atomic mass is 9.94. The Bertz CT molecular complexity index is 1300. The summed E-state index contributed by atoms with van der Waals surface area (Å²) < 4.78 is 23.3. The van der Waals surface area contributed by atoms with Crippen molar-refractivity contribution >= 4 is 35.1 Å². The summed E-state index contributed by atoms with van der Waals surface area (Å²) in [7, 11) is 1.55. The van der Waals surface area contributed by atoms with Gasteiger partial charge in [0.15, 0.2) is 0 Å². The first-order valence-corrected chi connectivity index (χ1v) is 14.5. The average molecular weight is 603 g/mol. The van der Waals surface area contributed by atoms with E-state index in [1.807, 2.05) is 33.8 Å². The first-order valence-electron chi connectivity index (χ1n) is 14.1. The molecule has 0 bridgehead atoms. The number of amides is 2. The van der Waals surface area contributed by atoms with Crippen LogP contribution in [-0.2, 0) is 23.9 Å². The van der Waals surface area contributed by atoms with Crippen molar-refractivity contribution in [2.75, 3.05) is 25.2 Å². The molecule has 0 spiro atoms. The van der Waals surface area contributed by atoms with E-state index in [0.29, 0.717) is 46.5 Å². The molecule has 2 aromatic rings. The van der Waals surface area contributed by atoms with Crippen LogP contribution in [0.3, 0.4) is 0 Å². The zero-order valence-electron chi connectivity index (χ0n) is 26.0. The summed E-state index contributed by atoms with van der Waals surface area (Å²) in [5.41, 5.74) is 0.947. The Kier molecular flexibility index (Phi) is 10.5. The number of fused-ring (bicyclic) bond motifs is 1. The van der Waals surface area contributed by atoms with Gasteiger partial charge >= 0.3 is 5.97 Å². The van der Waals surface area contributed by atoms with Gasteiger partial charge in [-0.05, 0) is 70.4 Å². The average Bonchev–Trinajstić information content (AvgIpc) is 2.97. The summed E-state index contributed by atoms with van der Waals surface area (Å²) in [4.78, 5) is 41.5. The van der Waals surface area contributed by atoms with Crippen molar-refractivity contribution in [1.29, 1.82) is 0 Å². The standard InChI is InChI=1S/C32H43ClN2O7/c1-10-40-21-12-13-22(25(16-21)39-9)28-23-15-20(33)11-14-24(23)35(18-31(3,4)5)29(37)26(41-28)17-27(36)34-19(2)30(38)42-32(6,7)8/h11-16,19,26,28H,10,17-18H2,1-9H3,(H,34,36)/t19-,26+,28+/m0/s1. The molecule has 0 unspecified atom stereocenters. The van der Waals surface area contributed by atoms with Crippen molar-refractivity contribution in [2.45, 2.75) is 85.7 Å². The highest BCUT2D eigenvalue weighted by Gasteiger charge is 2.40. The van der Waals surface area contributed by atoms with Gasteiger partial charge in [-0.25, -0.2) is 4.79 Å². The molecule has 9 nitrogen and oxygen atoms in total. The molecule has 1 aliphatic heterocycles. The van der Waals surface area contributed by atoms with E-state index in [2.05, 4.69) is 5.32 Å². The van der Waals surface area contributed by atoms with Gasteiger partial charge in [0.05, 0.1) is 20.1 Å². The SMILES string of the molecule is CCOc1ccc([C@H]2O[C@H](CC(=O)N[C@@H](C)C(=O)OC(C)(C)C)C(=O)N(CC(C)(C)C)c3ccc(Cl)cc32)c(OC)c1. The number of rotatable bonds is 9. The second-order valence-corrected chi connectivity index (χ2v) is 13.0. The van der Waals surface area contributed by atoms with Crippen molar-refractivity contribution in [3.63, 3.8) is 0 Å². The number of hydrogen-bond acceptors (Lipinski definition) is 7. The summed E-state index contributed by atoms with van der Waals surface area (Å²) >= 11 is 6.48. The number of carbonyl (C=O) groups is 3. The van der Waals surface area contributed by atoms with Gasteiger partial charge in [0.2, 0.25) is 5.91 Å². The van der Waals surface area contributed by atoms with E-state index in [4.69, 9.17) is 30.5 Å². The molecular weight excluding hydrogens is 560 g/mol. The van der Waals surface area contributed by atoms with Crippen LogP contribution in [0.25, 0.3) is 0 Å². The Morgan fingerprint density at radius 1 is 1.07 bits per heavy atom. The zero-order chi connectivity index (χ0) is 31.4. The van der Waals surface area contributed by atoms with Gasteiger partial charge in [-0.1, -0.05) is 32.4 Å². The maximum atomic E-state index is 14.1. The van der Waals surface area contributed by atoms with Crippen LogP contribution in [0.15, 0.2) is 36.4 Å². The molecule has 2 aromatic carbocycles.